The zero-order chi connectivity index (χ0) is 23.1. The van der Waals surface area contributed by atoms with Crippen LogP contribution in [0.15, 0.2) is 60.7 Å². The first-order valence-electron chi connectivity index (χ1n) is 10.5. The van der Waals surface area contributed by atoms with E-state index in [1.165, 1.54) is 0 Å². The summed E-state index contributed by atoms with van der Waals surface area (Å²) in [6.45, 7) is 5.87. The van der Waals surface area contributed by atoms with Crippen molar-refractivity contribution >= 4 is 22.6 Å². The molecule has 0 spiro atoms. The minimum Gasteiger partial charge on any atom is -0.497 e. The molecule has 7 nitrogen and oxygen atoms in total. The maximum Gasteiger partial charge on any atom is 0.279 e. The summed E-state index contributed by atoms with van der Waals surface area (Å²) in [4.78, 5) is 24.9. The van der Waals surface area contributed by atoms with Gasteiger partial charge in [0.1, 0.15) is 17.2 Å². The molecule has 7 heteroatoms. The molecule has 3 rings (SSSR count). The minimum atomic E-state index is -0.792. The van der Waals surface area contributed by atoms with Crippen LogP contribution in [0.1, 0.15) is 32.3 Å². The van der Waals surface area contributed by atoms with Crippen molar-refractivity contribution in [1.82, 2.24) is 10.9 Å². The van der Waals surface area contributed by atoms with Crippen molar-refractivity contribution in [2.75, 3.05) is 13.7 Å². The van der Waals surface area contributed by atoms with E-state index >= 15 is 0 Å². The van der Waals surface area contributed by atoms with Gasteiger partial charge in [0, 0.05) is 0 Å². The molecule has 2 amide bonds. The predicted octanol–water partition coefficient (Wildman–Crippen LogP) is 3.97. The van der Waals surface area contributed by atoms with Gasteiger partial charge in [-0.05, 0) is 73.5 Å². The van der Waals surface area contributed by atoms with Gasteiger partial charge in [0.2, 0.25) is 5.91 Å². The highest BCUT2D eigenvalue weighted by Gasteiger charge is 2.19. The van der Waals surface area contributed by atoms with E-state index < -0.39 is 17.9 Å². The molecule has 0 bridgehead atoms. The highest BCUT2D eigenvalue weighted by molar-refractivity contribution is 5.90. The fourth-order valence-electron chi connectivity index (χ4n) is 3.16. The van der Waals surface area contributed by atoms with Gasteiger partial charge in [0.05, 0.1) is 19.6 Å². The smallest absolute Gasteiger partial charge is 0.279 e. The van der Waals surface area contributed by atoms with Crippen LogP contribution in [0.3, 0.4) is 0 Å². The number of rotatable bonds is 8. The van der Waals surface area contributed by atoms with Crippen LogP contribution in [0.5, 0.6) is 17.2 Å². The van der Waals surface area contributed by atoms with Crippen molar-refractivity contribution in [3.8, 4) is 17.2 Å². The predicted molar refractivity (Wildman–Crippen MR) is 123 cm³/mol. The van der Waals surface area contributed by atoms with Gasteiger partial charge in [0.25, 0.3) is 5.91 Å². The number of benzene rings is 3. The third-order valence-corrected chi connectivity index (χ3v) is 5.09. The number of hydrogen-bond acceptors (Lipinski definition) is 5. The summed E-state index contributed by atoms with van der Waals surface area (Å²) in [5, 5.41) is 2.03. The molecule has 0 saturated carbocycles. The molecule has 168 valence electrons. The van der Waals surface area contributed by atoms with E-state index in [-0.39, 0.29) is 5.91 Å². The first kappa shape index (κ1) is 22.9. The number of methoxy groups -OCH3 is 1. The Kier molecular flexibility index (Phi) is 7.54. The highest BCUT2D eigenvalue weighted by Crippen LogP contribution is 2.25. The Morgan fingerprint density at radius 1 is 0.812 bits per heavy atom. The van der Waals surface area contributed by atoms with Crippen LogP contribution in [0.2, 0.25) is 0 Å². The summed E-state index contributed by atoms with van der Waals surface area (Å²) in [5.41, 5.74) is 5.75. The van der Waals surface area contributed by atoms with Crippen molar-refractivity contribution < 1.29 is 23.8 Å². The number of amides is 2. The number of carbonyl (C=O) groups is 2. The van der Waals surface area contributed by atoms with Gasteiger partial charge in [0.15, 0.2) is 6.10 Å². The van der Waals surface area contributed by atoms with Gasteiger partial charge in [-0.15, -0.1) is 0 Å². The topological polar surface area (TPSA) is 85.9 Å². The van der Waals surface area contributed by atoms with Crippen LogP contribution < -0.4 is 25.1 Å². The number of nitrogens with one attached hydrogen (secondary N) is 2. The van der Waals surface area contributed by atoms with Gasteiger partial charge >= 0.3 is 0 Å². The lowest BCUT2D eigenvalue weighted by molar-refractivity contribution is -0.133. The number of carbonyl (C=O) groups excluding carboxylic acids is 2. The Labute approximate surface area is 187 Å². The maximum absolute atomic E-state index is 12.6. The van der Waals surface area contributed by atoms with Gasteiger partial charge in [-0.2, -0.15) is 0 Å². The molecule has 0 aliphatic heterocycles. The van der Waals surface area contributed by atoms with Crippen LogP contribution in [-0.2, 0) is 9.59 Å². The lowest BCUT2D eigenvalue weighted by atomic mass is 9.97. The molecular weight excluding hydrogens is 408 g/mol. The van der Waals surface area contributed by atoms with E-state index in [2.05, 4.69) is 10.9 Å². The minimum absolute atomic E-state index is 0.320. The SMILES string of the molecule is CCOc1ccc(OC(C)C(=O)NNC(=O)[C@@H](C)c2ccc3cc(OC)ccc3c2)cc1. The Hall–Kier alpha value is -3.74. The summed E-state index contributed by atoms with van der Waals surface area (Å²) in [7, 11) is 1.63. The zero-order valence-electron chi connectivity index (χ0n) is 18.7. The molecule has 0 aromatic heterocycles. The molecule has 0 radical (unpaired) electrons. The second-order valence-electron chi connectivity index (χ2n) is 7.34. The third kappa shape index (κ3) is 5.69. The maximum atomic E-state index is 12.6. The molecule has 2 atom stereocenters. The van der Waals surface area contributed by atoms with Gasteiger partial charge in [-0.1, -0.05) is 24.3 Å². The molecule has 3 aromatic carbocycles. The summed E-state index contributed by atoms with van der Waals surface area (Å²) < 4.78 is 16.3. The number of ether oxygens (including phenoxy) is 3. The van der Waals surface area contributed by atoms with Crippen LogP contribution in [0.25, 0.3) is 10.8 Å². The molecule has 3 aromatic rings. The molecule has 0 heterocycles. The molecule has 32 heavy (non-hydrogen) atoms. The quantitative estimate of drug-likeness (QED) is 0.522. The molecule has 2 N–H and O–H groups in total. The van der Waals surface area contributed by atoms with E-state index in [1.54, 1.807) is 45.2 Å². The summed E-state index contributed by atoms with van der Waals surface area (Å²) in [6.07, 6.45) is -0.792. The average molecular weight is 437 g/mol. The van der Waals surface area contributed by atoms with E-state index in [0.29, 0.717) is 12.4 Å². The second-order valence-corrected chi connectivity index (χ2v) is 7.34. The number of hydrogen-bond donors (Lipinski definition) is 2. The Morgan fingerprint density at radius 2 is 1.41 bits per heavy atom. The number of fused-ring (bicyclic) bond motifs is 1. The Bertz CT molecular complexity index is 1080. The van der Waals surface area contributed by atoms with E-state index in [1.807, 2.05) is 43.3 Å². The first-order chi connectivity index (χ1) is 15.4. The highest BCUT2D eigenvalue weighted by atomic mass is 16.5. The van der Waals surface area contributed by atoms with Crippen LogP contribution in [0.4, 0.5) is 0 Å². The Morgan fingerprint density at radius 3 is 2.09 bits per heavy atom. The number of hydrazine groups is 1. The van der Waals surface area contributed by atoms with E-state index in [4.69, 9.17) is 14.2 Å². The fraction of sp³-hybridized carbons (Fsp3) is 0.280. The van der Waals surface area contributed by atoms with Gasteiger partial charge in [-0.3, -0.25) is 20.4 Å². The van der Waals surface area contributed by atoms with Crippen LogP contribution in [-0.4, -0.2) is 31.6 Å². The standard InChI is InChI=1S/C25H28N2O5/c1-5-31-21-10-12-22(13-11-21)32-17(3)25(29)27-26-24(28)16(2)18-6-7-20-15-23(30-4)9-8-19(20)14-18/h6-17H,5H2,1-4H3,(H,26,28)(H,27,29)/t16-,17?/m0/s1. The van der Waals surface area contributed by atoms with E-state index in [0.717, 1.165) is 27.8 Å². The lowest BCUT2D eigenvalue weighted by Gasteiger charge is -2.17. The molecule has 0 saturated heterocycles. The van der Waals surface area contributed by atoms with Crippen LogP contribution in [0, 0.1) is 0 Å². The van der Waals surface area contributed by atoms with Gasteiger partial charge < -0.3 is 14.2 Å². The van der Waals surface area contributed by atoms with Crippen LogP contribution >= 0.6 is 0 Å². The fourth-order valence-corrected chi connectivity index (χ4v) is 3.16. The third-order valence-electron chi connectivity index (χ3n) is 5.09. The van der Waals surface area contributed by atoms with Gasteiger partial charge in [-0.25, -0.2) is 0 Å². The normalized spacial score (nSPS) is 12.5. The van der Waals surface area contributed by atoms with Crippen molar-refractivity contribution in [3.63, 3.8) is 0 Å². The molecule has 1 unspecified atom stereocenters. The monoisotopic (exact) mass is 436 g/mol. The van der Waals surface area contributed by atoms with Crippen molar-refractivity contribution in [2.24, 2.45) is 0 Å². The largest absolute Gasteiger partial charge is 0.497 e. The lowest BCUT2D eigenvalue weighted by Crippen LogP contribution is -2.48. The van der Waals surface area contributed by atoms with E-state index in [9.17, 15) is 9.59 Å². The van der Waals surface area contributed by atoms with Crippen molar-refractivity contribution in [1.29, 1.82) is 0 Å². The molecular formula is C25H28N2O5. The summed E-state index contributed by atoms with van der Waals surface area (Å²) in [5.74, 6) is 0.809. The molecule has 0 aliphatic rings. The Balaban J connectivity index is 1.54. The average Bonchev–Trinajstić information content (AvgIpc) is 2.82. The zero-order valence-corrected chi connectivity index (χ0v) is 18.7. The molecule has 0 fully saturated rings. The first-order valence-corrected chi connectivity index (χ1v) is 10.5. The second kappa shape index (κ2) is 10.5. The van der Waals surface area contributed by atoms with Crippen molar-refractivity contribution in [3.05, 3.63) is 66.2 Å². The molecule has 0 aliphatic carbocycles. The van der Waals surface area contributed by atoms with Crippen molar-refractivity contribution in [2.45, 2.75) is 32.8 Å². The summed E-state index contributed by atoms with van der Waals surface area (Å²) in [6, 6.07) is 18.6. The summed E-state index contributed by atoms with van der Waals surface area (Å²) >= 11 is 0.